The summed E-state index contributed by atoms with van der Waals surface area (Å²) >= 11 is 0. The van der Waals surface area contributed by atoms with Gasteiger partial charge in [-0.05, 0) is 51.8 Å². The molecule has 3 atom stereocenters. The van der Waals surface area contributed by atoms with E-state index in [0.717, 1.165) is 22.5 Å². The fourth-order valence-electron chi connectivity index (χ4n) is 3.97. The lowest BCUT2D eigenvalue weighted by molar-refractivity contribution is 0.0737. The maximum atomic E-state index is 10.2. The van der Waals surface area contributed by atoms with Crippen LogP contribution >= 0.6 is 0 Å². The van der Waals surface area contributed by atoms with Crippen molar-refractivity contribution < 1.29 is 9.84 Å². The van der Waals surface area contributed by atoms with Gasteiger partial charge in [-0.25, -0.2) is 4.98 Å². The quantitative estimate of drug-likeness (QED) is 0.663. The molecule has 1 N–H and O–H groups in total. The number of pyridine rings is 2. The summed E-state index contributed by atoms with van der Waals surface area (Å²) in [6.07, 6.45) is 3.63. The molecule has 1 aliphatic rings. The Morgan fingerprint density at radius 3 is 2.50 bits per heavy atom. The number of aryl methyl sites for hydroxylation is 2. The van der Waals surface area contributed by atoms with E-state index in [1.165, 1.54) is 0 Å². The van der Waals surface area contributed by atoms with Crippen molar-refractivity contribution in [1.82, 2.24) is 19.9 Å². The first-order chi connectivity index (χ1) is 14.3. The van der Waals surface area contributed by atoms with Gasteiger partial charge in [-0.1, -0.05) is 19.1 Å². The highest BCUT2D eigenvalue weighted by molar-refractivity contribution is 5.69. The van der Waals surface area contributed by atoms with Crippen LogP contribution in [0.4, 0.5) is 0 Å². The predicted molar refractivity (Wildman–Crippen MR) is 115 cm³/mol. The standard InChI is InChI=1S/C24H28N4O2/c1-14-19(22(14)20-8-6-7-11-25-20)13-30-23-18(12-26-16(3)28-23)17-9-10-21(24(4,5)29)27-15(17)2/h6-12,14,19,22,29H,13H2,1-5H3. The van der Waals surface area contributed by atoms with Crippen molar-refractivity contribution in [1.29, 1.82) is 0 Å². The molecule has 0 amide bonds. The molecule has 3 aromatic rings. The second-order valence-corrected chi connectivity index (χ2v) is 8.64. The zero-order valence-corrected chi connectivity index (χ0v) is 18.1. The molecule has 4 rings (SSSR count). The topological polar surface area (TPSA) is 81.0 Å². The Hall–Kier alpha value is -2.86. The number of aliphatic hydroxyl groups is 1. The number of nitrogens with zero attached hydrogens (tertiary/aromatic N) is 4. The average molecular weight is 405 g/mol. The maximum absolute atomic E-state index is 10.2. The Morgan fingerprint density at radius 2 is 1.83 bits per heavy atom. The largest absolute Gasteiger partial charge is 0.477 e. The Bertz CT molecular complexity index is 1050. The van der Waals surface area contributed by atoms with Crippen molar-refractivity contribution in [3.05, 3.63) is 65.6 Å². The second-order valence-electron chi connectivity index (χ2n) is 8.64. The molecular weight excluding hydrogens is 376 g/mol. The molecule has 0 radical (unpaired) electrons. The van der Waals surface area contributed by atoms with Gasteiger partial charge in [0.15, 0.2) is 0 Å². The summed E-state index contributed by atoms with van der Waals surface area (Å²) in [6, 6.07) is 9.85. The van der Waals surface area contributed by atoms with Crippen molar-refractivity contribution in [2.24, 2.45) is 11.8 Å². The van der Waals surface area contributed by atoms with Crippen molar-refractivity contribution in [2.45, 2.75) is 46.1 Å². The number of hydrogen-bond acceptors (Lipinski definition) is 6. The third-order valence-electron chi connectivity index (χ3n) is 5.88. The first-order valence-electron chi connectivity index (χ1n) is 10.3. The lowest BCUT2D eigenvalue weighted by Crippen LogP contribution is -2.18. The van der Waals surface area contributed by atoms with E-state index in [2.05, 4.69) is 32.9 Å². The van der Waals surface area contributed by atoms with Crippen LogP contribution in [-0.4, -0.2) is 31.6 Å². The molecular formula is C24H28N4O2. The first-order valence-corrected chi connectivity index (χ1v) is 10.3. The van der Waals surface area contributed by atoms with Crippen LogP contribution in [-0.2, 0) is 5.60 Å². The maximum Gasteiger partial charge on any atom is 0.224 e. The van der Waals surface area contributed by atoms with Crippen LogP contribution < -0.4 is 4.74 Å². The van der Waals surface area contributed by atoms with Crippen molar-refractivity contribution in [3.63, 3.8) is 0 Å². The Labute approximate surface area is 177 Å². The summed E-state index contributed by atoms with van der Waals surface area (Å²) in [5, 5.41) is 10.2. The van der Waals surface area contributed by atoms with Gasteiger partial charge in [0.25, 0.3) is 0 Å². The van der Waals surface area contributed by atoms with Gasteiger partial charge in [-0.3, -0.25) is 9.97 Å². The fraction of sp³-hybridized carbons (Fsp3) is 0.417. The van der Waals surface area contributed by atoms with Gasteiger partial charge in [-0.15, -0.1) is 0 Å². The first kappa shape index (κ1) is 20.4. The fourth-order valence-corrected chi connectivity index (χ4v) is 3.97. The molecule has 0 spiro atoms. The normalized spacial score (nSPS) is 20.8. The van der Waals surface area contributed by atoms with Crippen LogP contribution in [0.1, 0.15) is 49.6 Å². The van der Waals surface area contributed by atoms with Gasteiger partial charge >= 0.3 is 0 Å². The van der Waals surface area contributed by atoms with Crippen LogP contribution in [0.25, 0.3) is 11.1 Å². The van der Waals surface area contributed by atoms with E-state index >= 15 is 0 Å². The average Bonchev–Trinajstić information content (AvgIpc) is 3.36. The summed E-state index contributed by atoms with van der Waals surface area (Å²) in [6.45, 7) is 10.1. The van der Waals surface area contributed by atoms with E-state index in [4.69, 9.17) is 4.74 Å². The zero-order valence-electron chi connectivity index (χ0n) is 18.1. The summed E-state index contributed by atoms with van der Waals surface area (Å²) in [5.41, 5.74) is 3.29. The second kappa shape index (κ2) is 7.76. The van der Waals surface area contributed by atoms with Gasteiger partial charge in [0.2, 0.25) is 5.88 Å². The molecule has 30 heavy (non-hydrogen) atoms. The Kier molecular flexibility index (Phi) is 5.28. The summed E-state index contributed by atoms with van der Waals surface area (Å²) in [7, 11) is 0. The van der Waals surface area contributed by atoms with Gasteiger partial charge in [-0.2, -0.15) is 4.98 Å². The third-order valence-corrected chi connectivity index (χ3v) is 5.88. The predicted octanol–water partition coefficient (Wildman–Crippen LogP) is 4.21. The van der Waals surface area contributed by atoms with Gasteiger partial charge in [0.05, 0.1) is 17.9 Å². The smallest absolute Gasteiger partial charge is 0.224 e. The molecule has 0 aromatic carbocycles. The van der Waals surface area contributed by atoms with Crippen LogP contribution in [0.15, 0.2) is 42.7 Å². The molecule has 0 aliphatic heterocycles. The molecule has 6 heteroatoms. The number of rotatable bonds is 6. The Balaban J connectivity index is 1.56. The third kappa shape index (κ3) is 4.05. The number of ether oxygens (including phenoxy) is 1. The van der Waals surface area contributed by atoms with Crippen molar-refractivity contribution in [3.8, 4) is 17.0 Å². The van der Waals surface area contributed by atoms with Gasteiger partial charge in [0.1, 0.15) is 11.4 Å². The van der Waals surface area contributed by atoms with Crippen LogP contribution in [0, 0.1) is 25.7 Å². The minimum atomic E-state index is -0.991. The molecule has 1 saturated carbocycles. The molecule has 156 valence electrons. The molecule has 1 aliphatic carbocycles. The van der Waals surface area contributed by atoms with E-state index in [0.29, 0.717) is 41.8 Å². The SMILES string of the molecule is Cc1ncc(-c2ccc(C(C)(C)O)nc2C)c(OCC2C(C)C2c2ccccn2)n1. The molecule has 1 fully saturated rings. The van der Waals surface area contributed by atoms with E-state index in [9.17, 15) is 5.11 Å². The minimum Gasteiger partial charge on any atom is -0.477 e. The highest BCUT2D eigenvalue weighted by Gasteiger charge is 2.49. The molecule has 3 aromatic heterocycles. The highest BCUT2D eigenvalue weighted by atomic mass is 16.5. The molecule has 3 unspecified atom stereocenters. The van der Waals surface area contributed by atoms with Crippen LogP contribution in [0.2, 0.25) is 0 Å². The molecule has 0 bridgehead atoms. The highest BCUT2D eigenvalue weighted by Crippen LogP contribution is 2.53. The Morgan fingerprint density at radius 1 is 1.03 bits per heavy atom. The molecule has 0 saturated heterocycles. The number of hydrogen-bond donors (Lipinski definition) is 1. The van der Waals surface area contributed by atoms with E-state index in [1.54, 1.807) is 20.0 Å². The van der Waals surface area contributed by atoms with Crippen LogP contribution in [0.3, 0.4) is 0 Å². The van der Waals surface area contributed by atoms with E-state index in [-0.39, 0.29) is 0 Å². The van der Waals surface area contributed by atoms with Crippen molar-refractivity contribution in [2.75, 3.05) is 6.61 Å². The van der Waals surface area contributed by atoms with Gasteiger partial charge in [0, 0.05) is 41.2 Å². The van der Waals surface area contributed by atoms with E-state index in [1.807, 2.05) is 44.3 Å². The minimum absolute atomic E-state index is 0.416. The van der Waals surface area contributed by atoms with Crippen LogP contribution in [0.5, 0.6) is 5.88 Å². The van der Waals surface area contributed by atoms with E-state index < -0.39 is 5.60 Å². The summed E-state index contributed by atoms with van der Waals surface area (Å²) in [5.74, 6) is 2.60. The van der Waals surface area contributed by atoms with Crippen molar-refractivity contribution >= 4 is 0 Å². The molecule has 3 heterocycles. The number of aromatic nitrogens is 4. The lowest BCUT2D eigenvalue weighted by Gasteiger charge is -2.18. The summed E-state index contributed by atoms with van der Waals surface area (Å²) in [4.78, 5) is 18.0. The zero-order chi connectivity index (χ0) is 21.5. The monoisotopic (exact) mass is 404 g/mol. The summed E-state index contributed by atoms with van der Waals surface area (Å²) < 4.78 is 6.21. The lowest BCUT2D eigenvalue weighted by atomic mass is 10.0. The molecule has 6 nitrogen and oxygen atoms in total. The van der Waals surface area contributed by atoms with Gasteiger partial charge < -0.3 is 9.84 Å².